The minimum Gasteiger partial charge on any atom is -0.489 e. The van der Waals surface area contributed by atoms with Crippen molar-refractivity contribution in [1.82, 2.24) is 15.6 Å². The van der Waals surface area contributed by atoms with Crippen LogP contribution < -0.4 is 15.4 Å². The summed E-state index contributed by atoms with van der Waals surface area (Å²) >= 11 is 1.63. The Morgan fingerprint density at radius 3 is 2.80 bits per heavy atom. The van der Waals surface area contributed by atoms with Crippen LogP contribution in [0.2, 0.25) is 0 Å². The van der Waals surface area contributed by atoms with E-state index in [9.17, 15) is 8.78 Å². The van der Waals surface area contributed by atoms with E-state index in [-0.39, 0.29) is 12.4 Å². The normalized spacial score (nSPS) is 11.4. The van der Waals surface area contributed by atoms with Gasteiger partial charge in [-0.15, -0.1) is 11.3 Å². The number of nitrogens with zero attached hydrogens (tertiary/aromatic N) is 2. The topological polar surface area (TPSA) is 58.5 Å². The number of benzene rings is 1. The molecule has 0 aliphatic rings. The zero-order valence-electron chi connectivity index (χ0n) is 14.3. The van der Waals surface area contributed by atoms with Gasteiger partial charge in [-0.3, -0.25) is 0 Å². The van der Waals surface area contributed by atoms with Crippen LogP contribution in [-0.2, 0) is 13.0 Å². The second-order valence-electron chi connectivity index (χ2n) is 5.13. The lowest BCUT2D eigenvalue weighted by Gasteiger charge is -2.12. The molecule has 0 amide bonds. The van der Waals surface area contributed by atoms with Gasteiger partial charge in [0.05, 0.1) is 23.8 Å². The molecule has 0 saturated heterocycles. The van der Waals surface area contributed by atoms with Crippen LogP contribution >= 0.6 is 11.3 Å². The number of aromatic nitrogens is 1. The van der Waals surface area contributed by atoms with Gasteiger partial charge in [-0.05, 0) is 25.5 Å². The zero-order chi connectivity index (χ0) is 18.1. The lowest BCUT2D eigenvalue weighted by atomic mass is 10.3. The summed E-state index contributed by atoms with van der Waals surface area (Å²) in [7, 11) is 0. The highest BCUT2D eigenvalue weighted by atomic mass is 32.1. The Morgan fingerprint density at radius 2 is 2.12 bits per heavy atom. The van der Waals surface area contributed by atoms with Gasteiger partial charge in [0.15, 0.2) is 17.5 Å². The van der Waals surface area contributed by atoms with Gasteiger partial charge in [0.1, 0.15) is 12.4 Å². The molecular weight excluding hydrogens is 346 g/mol. The van der Waals surface area contributed by atoms with Gasteiger partial charge in [-0.1, -0.05) is 6.92 Å². The largest absolute Gasteiger partial charge is 0.489 e. The number of rotatable bonds is 8. The molecule has 0 bridgehead atoms. The highest BCUT2D eigenvalue weighted by Crippen LogP contribution is 2.17. The molecule has 1 aromatic carbocycles. The SMILES string of the molecule is CCNC(=NCc1csc(CC)n1)NCCOc1ccc(F)cc1F. The fourth-order valence-corrected chi connectivity index (χ4v) is 2.74. The number of halogens is 2. The van der Waals surface area contributed by atoms with Crippen LogP contribution in [0, 0.1) is 11.6 Å². The summed E-state index contributed by atoms with van der Waals surface area (Å²) in [6.07, 6.45) is 0.921. The predicted octanol–water partition coefficient (Wildman–Crippen LogP) is 3.12. The Bertz CT molecular complexity index is 706. The van der Waals surface area contributed by atoms with E-state index in [0.717, 1.165) is 35.8 Å². The van der Waals surface area contributed by atoms with Crippen molar-refractivity contribution >= 4 is 17.3 Å². The number of nitrogens with one attached hydrogen (secondary N) is 2. The molecule has 1 aromatic heterocycles. The molecule has 0 fully saturated rings. The smallest absolute Gasteiger partial charge is 0.191 e. The first-order chi connectivity index (χ1) is 12.1. The van der Waals surface area contributed by atoms with Crippen LogP contribution in [0.15, 0.2) is 28.6 Å². The third kappa shape index (κ3) is 6.30. The van der Waals surface area contributed by atoms with Gasteiger partial charge >= 0.3 is 0 Å². The van der Waals surface area contributed by atoms with E-state index in [0.29, 0.717) is 19.0 Å². The van der Waals surface area contributed by atoms with Crippen LogP contribution in [0.3, 0.4) is 0 Å². The standard InChI is InChI=1S/C17H22F2N4OS/c1-3-16-23-13(11-25-16)10-22-17(20-4-2)21-7-8-24-15-6-5-12(18)9-14(15)19/h5-6,9,11H,3-4,7-8,10H2,1-2H3,(H2,20,21,22). The van der Waals surface area contributed by atoms with Crippen molar-refractivity contribution in [1.29, 1.82) is 0 Å². The number of ether oxygens (including phenoxy) is 1. The lowest BCUT2D eigenvalue weighted by Crippen LogP contribution is -2.39. The molecular formula is C17H22F2N4OS. The zero-order valence-corrected chi connectivity index (χ0v) is 15.1. The number of aryl methyl sites for hydroxylation is 1. The van der Waals surface area contributed by atoms with Crippen molar-refractivity contribution in [3.05, 3.63) is 45.9 Å². The summed E-state index contributed by atoms with van der Waals surface area (Å²) in [5.74, 6) is -0.676. The Kier molecular flexibility index (Phi) is 7.59. The predicted molar refractivity (Wildman–Crippen MR) is 96.2 cm³/mol. The van der Waals surface area contributed by atoms with E-state index >= 15 is 0 Å². The minimum atomic E-state index is -0.712. The van der Waals surface area contributed by atoms with Gasteiger partial charge in [-0.25, -0.2) is 18.8 Å². The number of guanidine groups is 1. The average Bonchev–Trinajstić information content (AvgIpc) is 3.06. The van der Waals surface area contributed by atoms with Gasteiger partial charge in [0.2, 0.25) is 0 Å². The molecule has 0 unspecified atom stereocenters. The summed E-state index contributed by atoms with van der Waals surface area (Å²) in [5.41, 5.74) is 0.934. The Balaban J connectivity index is 1.81. The number of thiazole rings is 1. The van der Waals surface area contributed by atoms with Crippen molar-refractivity contribution in [2.24, 2.45) is 4.99 Å². The third-order valence-electron chi connectivity index (χ3n) is 3.19. The molecule has 0 radical (unpaired) electrons. The summed E-state index contributed by atoms with van der Waals surface area (Å²) in [5, 5.41) is 9.33. The minimum absolute atomic E-state index is 0.0275. The second kappa shape index (κ2) is 9.93. The summed E-state index contributed by atoms with van der Waals surface area (Å²) in [4.78, 5) is 8.94. The molecule has 0 saturated carbocycles. The number of hydrogen-bond acceptors (Lipinski definition) is 4. The first kappa shape index (κ1) is 19.1. The molecule has 0 atom stereocenters. The van der Waals surface area contributed by atoms with Crippen LogP contribution in [0.25, 0.3) is 0 Å². The highest BCUT2D eigenvalue weighted by Gasteiger charge is 2.05. The van der Waals surface area contributed by atoms with E-state index in [1.165, 1.54) is 6.07 Å². The molecule has 0 spiro atoms. The molecule has 5 nitrogen and oxygen atoms in total. The van der Waals surface area contributed by atoms with Gasteiger partial charge in [0, 0.05) is 18.0 Å². The van der Waals surface area contributed by atoms with Crippen LogP contribution in [0.4, 0.5) is 8.78 Å². The van der Waals surface area contributed by atoms with Crippen molar-refractivity contribution in [2.45, 2.75) is 26.8 Å². The number of hydrogen-bond donors (Lipinski definition) is 2. The molecule has 2 aromatic rings. The van der Waals surface area contributed by atoms with Crippen molar-refractivity contribution in [2.75, 3.05) is 19.7 Å². The molecule has 2 N–H and O–H groups in total. The average molecular weight is 368 g/mol. The summed E-state index contributed by atoms with van der Waals surface area (Å²) in [6.45, 7) is 5.90. The van der Waals surface area contributed by atoms with Crippen molar-refractivity contribution in [3.8, 4) is 5.75 Å². The molecule has 1 heterocycles. The highest BCUT2D eigenvalue weighted by molar-refractivity contribution is 7.09. The van der Waals surface area contributed by atoms with Crippen molar-refractivity contribution < 1.29 is 13.5 Å². The monoisotopic (exact) mass is 368 g/mol. The second-order valence-corrected chi connectivity index (χ2v) is 6.07. The Labute approximate surface area is 150 Å². The van der Waals surface area contributed by atoms with E-state index in [2.05, 4.69) is 27.5 Å². The Hall–Kier alpha value is -2.22. The molecule has 0 aliphatic heterocycles. The first-order valence-electron chi connectivity index (χ1n) is 8.15. The molecule has 25 heavy (non-hydrogen) atoms. The fourth-order valence-electron chi connectivity index (χ4n) is 2.01. The maximum Gasteiger partial charge on any atom is 0.191 e. The molecule has 136 valence electrons. The van der Waals surface area contributed by atoms with E-state index < -0.39 is 11.6 Å². The maximum absolute atomic E-state index is 13.5. The lowest BCUT2D eigenvalue weighted by molar-refractivity contribution is 0.304. The molecule has 2 rings (SSSR count). The van der Waals surface area contributed by atoms with Gasteiger partial charge in [-0.2, -0.15) is 0 Å². The van der Waals surface area contributed by atoms with E-state index in [1.54, 1.807) is 11.3 Å². The van der Waals surface area contributed by atoms with E-state index in [1.807, 2.05) is 12.3 Å². The third-order valence-corrected chi connectivity index (χ3v) is 4.23. The van der Waals surface area contributed by atoms with Crippen LogP contribution in [0.1, 0.15) is 24.5 Å². The maximum atomic E-state index is 13.5. The number of aliphatic imine (C=N–C) groups is 1. The summed E-state index contributed by atoms with van der Waals surface area (Å²) < 4.78 is 31.6. The molecule has 0 aliphatic carbocycles. The van der Waals surface area contributed by atoms with E-state index in [4.69, 9.17) is 4.74 Å². The quantitative estimate of drug-likeness (QED) is 0.427. The first-order valence-corrected chi connectivity index (χ1v) is 9.03. The van der Waals surface area contributed by atoms with Crippen LogP contribution in [-0.4, -0.2) is 30.6 Å². The van der Waals surface area contributed by atoms with Gasteiger partial charge < -0.3 is 15.4 Å². The molecule has 8 heteroatoms. The van der Waals surface area contributed by atoms with Crippen LogP contribution in [0.5, 0.6) is 5.75 Å². The van der Waals surface area contributed by atoms with Gasteiger partial charge in [0.25, 0.3) is 0 Å². The van der Waals surface area contributed by atoms with Crippen molar-refractivity contribution in [3.63, 3.8) is 0 Å². The Morgan fingerprint density at radius 1 is 1.28 bits per heavy atom. The summed E-state index contributed by atoms with van der Waals surface area (Å²) in [6, 6.07) is 3.24. The fraction of sp³-hybridized carbons (Fsp3) is 0.412.